The van der Waals surface area contributed by atoms with Gasteiger partial charge in [0.05, 0.1) is 18.2 Å². The van der Waals surface area contributed by atoms with Crippen LogP contribution in [0.15, 0.2) is 23.6 Å². The number of hydrogen-bond donors (Lipinski definition) is 1. The molecule has 106 valence electrons. The van der Waals surface area contributed by atoms with Crippen molar-refractivity contribution in [3.8, 4) is 5.75 Å². The number of ether oxygens (including phenoxy) is 1. The molecule has 4 nitrogen and oxygen atoms in total. The van der Waals surface area contributed by atoms with Gasteiger partial charge in [0, 0.05) is 5.38 Å². The second-order valence-electron chi connectivity index (χ2n) is 4.68. The van der Waals surface area contributed by atoms with Crippen LogP contribution in [-0.4, -0.2) is 18.0 Å². The number of nitrogens with zero attached hydrogens (tertiary/aromatic N) is 1. The lowest BCUT2D eigenvalue weighted by Gasteiger charge is -2.15. The van der Waals surface area contributed by atoms with E-state index in [-0.39, 0.29) is 11.9 Å². The van der Waals surface area contributed by atoms with Crippen LogP contribution in [0.2, 0.25) is 0 Å². The van der Waals surface area contributed by atoms with Crippen molar-refractivity contribution in [2.75, 3.05) is 7.11 Å². The fourth-order valence-corrected chi connectivity index (χ4v) is 2.59. The van der Waals surface area contributed by atoms with E-state index in [1.54, 1.807) is 12.5 Å². The highest BCUT2D eigenvalue weighted by atomic mass is 32.1. The Hall–Kier alpha value is -1.88. The van der Waals surface area contributed by atoms with Crippen LogP contribution in [-0.2, 0) is 0 Å². The number of nitrogens with one attached hydrogen (secondary N) is 1. The third kappa shape index (κ3) is 3.17. The summed E-state index contributed by atoms with van der Waals surface area (Å²) in [5.74, 6) is 0.706. The van der Waals surface area contributed by atoms with Gasteiger partial charge in [-0.05, 0) is 38.0 Å². The second kappa shape index (κ2) is 6.05. The van der Waals surface area contributed by atoms with Gasteiger partial charge < -0.3 is 10.1 Å². The molecule has 20 heavy (non-hydrogen) atoms. The average molecular weight is 290 g/mol. The van der Waals surface area contributed by atoms with Gasteiger partial charge in [-0.2, -0.15) is 0 Å². The highest BCUT2D eigenvalue weighted by Crippen LogP contribution is 2.22. The van der Waals surface area contributed by atoms with Gasteiger partial charge in [0.15, 0.2) is 0 Å². The van der Waals surface area contributed by atoms with Crippen LogP contribution < -0.4 is 10.1 Å². The summed E-state index contributed by atoms with van der Waals surface area (Å²) in [4.78, 5) is 16.2. The van der Waals surface area contributed by atoms with Crippen molar-refractivity contribution < 1.29 is 9.53 Å². The van der Waals surface area contributed by atoms with Crippen molar-refractivity contribution in [2.45, 2.75) is 26.8 Å². The quantitative estimate of drug-likeness (QED) is 0.940. The second-order valence-corrected chi connectivity index (χ2v) is 5.74. The van der Waals surface area contributed by atoms with E-state index in [0.29, 0.717) is 5.69 Å². The van der Waals surface area contributed by atoms with Crippen LogP contribution in [0.25, 0.3) is 0 Å². The molecule has 0 saturated heterocycles. The number of carbonyl (C=O) groups excluding carboxylic acids is 1. The molecule has 0 aliphatic rings. The highest BCUT2D eigenvalue weighted by Gasteiger charge is 2.14. The summed E-state index contributed by atoms with van der Waals surface area (Å²) in [5, 5.41) is 5.62. The fraction of sp³-hybridized carbons (Fsp3) is 0.333. The molecule has 1 heterocycles. The summed E-state index contributed by atoms with van der Waals surface area (Å²) < 4.78 is 5.24. The smallest absolute Gasteiger partial charge is 0.271 e. The van der Waals surface area contributed by atoms with Crippen LogP contribution in [0.3, 0.4) is 0 Å². The van der Waals surface area contributed by atoms with Gasteiger partial charge in [-0.15, -0.1) is 11.3 Å². The van der Waals surface area contributed by atoms with Gasteiger partial charge in [-0.1, -0.05) is 12.1 Å². The number of carbonyl (C=O) groups is 1. The van der Waals surface area contributed by atoms with E-state index in [9.17, 15) is 4.79 Å². The minimum absolute atomic E-state index is 0.0749. The van der Waals surface area contributed by atoms with Crippen molar-refractivity contribution in [1.29, 1.82) is 0 Å². The van der Waals surface area contributed by atoms with Gasteiger partial charge in [-0.25, -0.2) is 4.98 Å². The van der Waals surface area contributed by atoms with E-state index in [1.165, 1.54) is 11.3 Å². The molecule has 0 fully saturated rings. The molecule has 1 N–H and O–H groups in total. The maximum absolute atomic E-state index is 12.1. The summed E-state index contributed by atoms with van der Waals surface area (Å²) in [6.45, 7) is 5.83. The summed E-state index contributed by atoms with van der Waals surface area (Å²) in [6, 6.07) is 5.83. The van der Waals surface area contributed by atoms with Crippen LogP contribution in [0.4, 0.5) is 0 Å². The third-order valence-corrected chi connectivity index (χ3v) is 3.89. The zero-order valence-corrected chi connectivity index (χ0v) is 12.9. The van der Waals surface area contributed by atoms with E-state index in [2.05, 4.69) is 10.3 Å². The molecule has 0 bridgehead atoms. The largest absolute Gasteiger partial charge is 0.496 e. The number of hydrogen-bond acceptors (Lipinski definition) is 4. The van der Waals surface area contributed by atoms with Gasteiger partial charge in [0.25, 0.3) is 5.91 Å². The summed E-state index contributed by atoms with van der Waals surface area (Å²) in [7, 11) is 1.65. The van der Waals surface area contributed by atoms with Crippen molar-refractivity contribution >= 4 is 17.2 Å². The molecule has 0 radical (unpaired) electrons. The fourth-order valence-electron chi connectivity index (χ4n) is 1.99. The average Bonchev–Trinajstić information content (AvgIpc) is 2.85. The molecular weight excluding hydrogens is 272 g/mol. The molecule has 5 heteroatoms. The number of thiazole rings is 1. The van der Waals surface area contributed by atoms with Crippen LogP contribution >= 0.6 is 11.3 Å². The lowest BCUT2D eigenvalue weighted by Crippen LogP contribution is -2.27. The molecule has 1 unspecified atom stereocenters. The molecule has 2 rings (SSSR count). The molecule has 1 amide bonds. The van der Waals surface area contributed by atoms with Crippen molar-refractivity contribution in [1.82, 2.24) is 10.3 Å². The Morgan fingerprint density at radius 2 is 2.15 bits per heavy atom. The number of methoxy groups -OCH3 is 1. The first-order valence-corrected chi connectivity index (χ1v) is 7.26. The summed E-state index contributed by atoms with van der Waals surface area (Å²) in [6.07, 6.45) is 0. The maximum Gasteiger partial charge on any atom is 0.271 e. The van der Waals surface area contributed by atoms with Gasteiger partial charge in [0.2, 0.25) is 0 Å². The van der Waals surface area contributed by atoms with Gasteiger partial charge in [0.1, 0.15) is 11.4 Å². The molecule has 1 aromatic heterocycles. The van der Waals surface area contributed by atoms with Crippen molar-refractivity contribution in [3.05, 3.63) is 45.4 Å². The maximum atomic E-state index is 12.1. The first-order valence-electron chi connectivity index (χ1n) is 6.38. The zero-order chi connectivity index (χ0) is 14.7. The Labute approximate surface area is 122 Å². The Balaban J connectivity index is 2.10. The van der Waals surface area contributed by atoms with Crippen molar-refractivity contribution in [3.63, 3.8) is 0 Å². The molecule has 1 aromatic carbocycles. The van der Waals surface area contributed by atoms with Gasteiger partial charge >= 0.3 is 0 Å². The highest BCUT2D eigenvalue weighted by molar-refractivity contribution is 7.09. The topological polar surface area (TPSA) is 51.2 Å². The molecule has 0 saturated carbocycles. The lowest BCUT2D eigenvalue weighted by atomic mass is 10.0. The number of aromatic nitrogens is 1. The number of rotatable bonds is 4. The minimum Gasteiger partial charge on any atom is -0.496 e. The van der Waals surface area contributed by atoms with Gasteiger partial charge in [-0.3, -0.25) is 4.79 Å². The molecule has 0 aliphatic carbocycles. The van der Waals surface area contributed by atoms with E-state index in [1.807, 2.05) is 39.0 Å². The number of benzene rings is 1. The first kappa shape index (κ1) is 14.5. The van der Waals surface area contributed by atoms with E-state index in [0.717, 1.165) is 21.9 Å². The minimum atomic E-state index is -0.143. The van der Waals surface area contributed by atoms with E-state index < -0.39 is 0 Å². The van der Waals surface area contributed by atoms with Crippen molar-refractivity contribution in [2.24, 2.45) is 0 Å². The third-order valence-electron chi connectivity index (χ3n) is 3.12. The zero-order valence-electron chi connectivity index (χ0n) is 12.1. The summed E-state index contributed by atoms with van der Waals surface area (Å²) in [5.41, 5.74) is 2.57. The standard InChI is InChI=1S/C15H18N2O2S/c1-9-7-12(5-6-14(9)19-4)10(2)16-15(18)13-8-20-11(3)17-13/h5-8,10H,1-4H3,(H,16,18). The molecule has 2 aromatic rings. The monoisotopic (exact) mass is 290 g/mol. The summed E-state index contributed by atoms with van der Waals surface area (Å²) >= 11 is 1.47. The molecule has 0 aliphatic heterocycles. The van der Waals surface area contributed by atoms with E-state index in [4.69, 9.17) is 4.74 Å². The first-order chi connectivity index (χ1) is 9.51. The Bertz CT molecular complexity index is 622. The number of aryl methyl sites for hydroxylation is 2. The predicted molar refractivity (Wildman–Crippen MR) is 80.5 cm³/mol. The lowest BCUT2D eigenvalue weighted by molar-refractivity contribution is 0.0935. The molecule has 0 spiro atoms. The Kier molecular flexibility index (Phi) is 4.39. The predicted octanol–water partition coefficient (Wildman–Crippen LogP) is 3.26. The molecule has 1 atom stereocenters. The van der Waals surface area contributed by atoms with Crippen LogP contribution in [0.1, 0.15) is 39.6 Å². The SMILES string of the molecule is COc1ccc(C(C)NC(=O)c2csc(C)n2)cc1C. The Morgan fingerprint density at radius 1 is 1.40 bits per heavy atom. The Morgan fingerprint density at radius 3 is 2.70 bits per heavy atom. The van der Waals surface area contributed by atoms with Crippen LogP contribution in [0.5, 0.6) is 5.75 Å². The number of amides is 1. The molecular formula is C15H18N2O2S. The van der Waals surface area contributed by atoms with E-state index >= 15 is 0 Å². The van der Waals surface area contributed by atoms with Crippen LogP contribution in [0, 0.1) is 13.8 Å². The normalized spacial score (nSPS) is 12.0.